The molecule has 0 saturated carbocycles. The largest absolute Gasteiger partial charge is 0.0990 e. The Morgan fingerprint density at radius 3 is 2.35 bits per heavy atom. The van der Waals surface area contributed by atoms with Crippen molar-refractivity contribution >= 4 is 0 Å². The molecule has 0 radical (unpaired) electrons. The molecule has 0 aliphatic rings. The minimum absolute atomic E-state index is 1.05. The summed E-state index contributed by atoms with van der Waals surface area (Å²) in [5.74, 6) is 0. The second kappa shape index (κ2) is 9.65. The van der Waals surface area contributed by atoms with Gasteiger partial charge in [0, 0.05) is 0 Å². The summed E-state index contributed by atoms with van der Waals surface area (Å²) in [6, 6.07) is 0. The average Bonchev–Trinajstić information content (AvgIpc) is 2.36. The second-order valence-electron chi connectivity index (χ2n) is 3.75. The smallest absolute Gasteiger partial charge is 0.0158 e. The Balaban J connectivity index is 5.45. The number of rotatable bonds is 6. The summed E-state index contributed by atoms with van der Waals surface area (Å²) < 4.78 is 0. The van der Waals surface area contributed by atoms with Crippen molar-refractivity contribution in [2.24, 2.45) is 0 Å². The topological polar surface area (TPSA) is 0 Å². The van der Waals surface area contributed by atoms with E-state index in [-0.39, 0.29) is 0 Å². The van der Waals surface area contributed by atoms with Gasteiger partial charge in [0.15, 0.2) is 0 Å². The molecule has 0 rings (SSSR count). The van der Waals surface area contributed by atoms with Crippen LogP contribution in [0.5, 0.6) is 0 Å². The van der Waals surface area contributed by atoms with Crippen molar-refractivity contribution in [3.05, 3.63) is 71.9 Å². The zero-order valence-corrected chi connectivity index (χ0v) is 11.5. The van der Waals surface area contributed by atoms with Crippen molar-refractivity contribution in [1.82, 2.24) is 0 Å². The maximum absolute atomic E-state index is 3.79. The third kappa shape index (κ3) is 5.91. The maximum Gasteiger partial charge on any atom is -0.0158 e. The zero-order chi connectivity index (χ0) is 13.1. The summed E-state index contributed by atoms with van der Waals surface area (Å²) >= 11 is 0. The van der Waals surface area contributed by atoms with Crippen LogP contribution in [0.3, 0.4) is 0 Å². The third-order valence-corrected chi connectivity index (χ3v) is 2.45. The minimum Gasteiger partial charge on any atom is -0.0990 e. The van der Waals surface area contributed by atoms with E-state index in [0.29, 0.717) is 0 Å². The number of hydrogen-bond donors (Lipinski definition) is 0. The lowest BCUT2D eigenvalue weighted by Crippen LogP contribution is -1.89. The summed E-state index contributed by atoms with van der Waals surface area (Å²) in [5, 5.41) is 0. The molecule has 0 aliphatic carbocycles. The molecule has 0 atom stereocenters. The van der Waals surface area contributed by atoms with E-state index in [1.54, 1.807) is 0 Å². The highest BCUT2D eigenvalue weighted by Crippen LogP contribution is 2.21. The molecule has 0 fully saturated rings. The number of allylic oxidation sites excluding steroid dienone is 11. The Kier molecular flexibility index (Phi) is 8.77. The van der Waals surface area contributed by atoms with E-state index in [1.807, 2.05) is 19.1 Å². The first-order valence-corrected chi connectivity index (χ1v) is 6.17. The molecule has 0 amide bonds. The monoisotopic (exact) mass is 228 g/mol. The molecule has 17 heavy (non-hydrogen) atoms. The molecule has 92 valence electrons. The van der Waals surface area contributed by atoms with Gasteiger partial charge in [0.05, 0.1) is 0 Å². The van der Waals surface area contributed by atoms with Crippen LogP contribution in [0.4, 0.5) is 0 Å². The van der Waals surface area contributed by atoms with Crippen molar-refractivity contribution in [2.75, 3.05) is 0 Å². The van der Waals surface area contributed by atoms with Gasteiger partial charge in [-0.25, -0.2) is 0 Å². The molecule has 0 aromatic carbocycles. The van der Waals surface area contributed by atoms with Crippen molar-refractivity contribution in [3.8, 4) is 0 Å². The van der Waals surface area contributed by atoms with Gasteiger partial charge >= 0.3 is 0 Å². The van der Waals surface area contributed by atoms with Gasteiger partial charge in [-0.3, -0.25) is 0 Å². The first kappa shape index (κ1) is 15.4. The molecule has 0 bridgehead atoms. The lowest BCUT2D eigenvalue weighted by atomic mass is 9.97. The fraction of sp³-hybridized carbons (Fsp3) is 0.294. The van der Waals surface area contributed by atoms with Crippen molar-refractivity contribution in [3.63, 3.8) is 0 Å². The highest BCUT2D eigenvalue weighted by molar-refractivity contribution is 5.53. The summed E-state index contributed by atoms with van der Waals surface area (Å²) in [6.07, 6.45) is 17.6. The predicted octanol–water partition coefficient (Wildman–Crippen LogP) is 5.53. The van der Waals surface area contributed by atoms with Gasteiger partial charge < -0.3 is 0 Å². The quantitative estimate of drug-likeness (QED) is 0.524. The van der Waals surface area contributed by atoms with Gasteiger partial charge in [-0.15, -0.1) is 0 Å². The molecule has 0 heteroatoms. The van der Waals surface area contributed by atoms with E-state index < -0.39 is 0 Å². The summed E-state index contributed by atoms with van der Waals surface area (Å²) in [4.78, 5) is 0. The van der Waals surface area contributed by atoms with Crippen LogP contribution in [0.1, 0.15) is 34.1 Å². The lowest BCUT2D eigenvalue weighted by Gasteiger charge is -2.08. The minimum atomic E-state index is 1.05. The molecule has 0 aliphatic heterocycles. The molecule has 0 aromatic heterocycles. The van der Waals surface area contributed by atoms with E-state index in [4.69, 9.17) is 0 Å². The van der Waals surface area contributed by atoms with E-state index >= 15 is 0 Å². The Morgan fingerprint density at radius 2 is 1.88 bits per heavy atom. The summed E-state index contributed by atoms with van der Waals surface area (Å²) in [7, 11) is 0. The standard InChI is InChI=1S/C17H24/c1-6-10-13-16(14-11-7-2)17(12-8-3)15(5)9-4/h6,8-14H,3,7H2,1-2,4-5H3/b10-6-,14-11-,15-9-,16-13+,17-12+. The van der Waals surface area contributed by atoms with E-state index in [1.165, 1.54) is 16.7 Å². The molecule has 0 nitrogen and oxygen atoms in total. The number of hydrogen-bond acceptors (Lipinski definition) is 0. The van der Waals surface area contributed by atoms with E-state index in [2.05, 4.69) is 63.8 Å². The van der Waals surface area contributed by atoms with Crippen molar-refractivity contribution in [2.45, 2.75) is 34.1 Å². The van der Waals surface area contributed by atoms with Crippen LogP contribution in [0.2, 0.25) is 0 Å². The first-order chi connectivity index (χ1) is 8.21. The van der Waals surface area contributed by atoms with Gasteiger partial charge in [-0.2, -0.15) is 0 Å². The first-order valence-electron chi connectivity index (χ1n) is 6.17. The zero-order valence-electron chi connectivity index (χ0n) is 11.5. The third-order valence-electron chi connectivity index (χ3n) is 2.45. The summed E-state index contributed by atoms with van der Waals surface area (Å²) in [5.41, 5.74) is 3.71. The van der Waals surface area contributed by atoms with Crippen LogP contribution in [0.15, 0.2) is 71.9 Å². The molecule has 0 N–H and O–H groups in total. The van der Waals surface area contributed by atoms with Gasteiger partial charge in [0.1, 0.15) is 0 Å². The van der Waals surface area contributed by atoms with Crippen LogP contribution < -0.4 is 0 Å². The molecular weight excluding hydrogens is 204 g/mol. The van der Waals surface area contributed by atoms with E-state index in [0.717, 1.165) is 6.42 Å². The van der Waals surface area contributed by atoms with Crippen molar-refractivity contribution < 1.29 is 0 Å². The van der Waals surface area contributed by atoms with Gasteiger partial charge in [0.25, 0.3) is 0 Å². The predicted molar refractivity (Wildman–Crippen MR) is 80.0 cm³/mol. The van der Waals surface area contributed by atoms with Gasteiger partial charge in [-0.05, 0) is 43.9 Å². The van der Waals surface area contributed by atoms with Crippen LogP contribution in [-0.4, -0.2) is 0 Å². The highest BCUT2D eigenvalue weighted by Gasteiger charge is 2.02. The Labute approximate surface area is 106 Å². The van der Waals surface area contributed by atoms with Gasteiger partial charge in [0.2, 0.25) is 0 Å². The molecule has 0 spiro atoms. The maximum atomic E-state index is 3.79. The SMILES string of the molecule is C=C/C=C(C(\C)=C/C)/C(/C=C\CC)=C/C=C\C. The Hall–Kier alpha value is -1.56. The molecule has 0 aromatic rings. The fourth-order valence-corrected chi connectivity index (χ4v) is 1.41. The van der Waals surface area contributed by atoms with E-state index in [9.17, 15) is 0 Å². The second-order valence-corrected chi connectivity index (χ2v) is 3.75. The molecule has 0 heterocycles. The summed E-state index contributed by atoms with van der Waals surface area (Å²) in [6.45, 7) is 12.1. The Bertz CT molecular complexity index is 371. The highest BCUT2D eigenvalue weighted by atomic mass is 14.1. The average molecular weight is 228 g/mol. The van der Waals surface area contributed by atoms with Crippen LogP contribution in [-0.2, 0) is 0 Å². The molecule has 0 saturated heterocycles. The molecule has 0 unspecified atom stereocenters. The van der Waals surface area contributed by atoms with Crippen molar-refractivity contribution in [1.29, 1.82) is 0 Å². The van der Waals surface area contributed by atoms with Crippen LogP contribution in [0, 0.1) is 0 Å². The normalized spacial score (nSPS) is 14.9. The van der Waals surface area contributed by atoms with Gasteiger partial charge in [-0.1, -0.05) is 62.1 Å². The van der Waals surface area contributed by atoms with Crippen LogP contribution >= 0.6 is 0 Å². The fourth-order valence-electron chi connectivity index (χ4n) is 1.41. The lowest BCUT2D eigenvalue weighted by molar-refractivity contribution is 1.22. The van der Waals surface area contributed by atoms with Crippen LogP contribution in [0.25, 0.3) is 0 Å². The molecular formula is C17H24. The Morgan fingerprint density at radius 1 is 1.18 bits per heavy atom.